The molecule has 28 heteroatoms. The second-order valence-corrected chi connectivity index (χ2v) is 32.5. The third kappa shape index (κ3) is 70.9. The first-order valence-corrected chi connectivity index (χ1v) is 39.5. The van der Waals surface area contributed by atoms with E-state index in [1.54, 1.807) is 35.2 Å². The first-order valence-electron chi connectivity index (χ1n) is 29.4. The number of carbonyl (C=O) groups excluding carboxylic acids is 3. The number of aliphatic hydroxyl groups is 3. The molecule has 0 aliphatic carbocycles. The molecular weight excluding hydrogens is 1220 g/mol. The minimum Gasteiger partial charge on any atom is -0.494 e. The molecule has 2 atom stereocenters. The van der Waals surface area contributed by atoms with Gasteiger partial charge in [0.2, 0.25) is 0 Å². The van der Waals surface area contributed by atoms with Gasteiger partial charge in [0.1, 0.15) is 6.10 Å². The molecule has 88 heavy (non-hydrogen) atoms. The van der Waals surface area contributed by atoms with Crippen molar-refractivity contribution in [1.82, 2.24) is 0 Å². The van der Waals surface area contributed by atoms with Crippen LogP contribution in [-0.4, -0.2) is 198 Å². The van der Waals surface area contributed by atoms with Gasteiger partial charge in [0, 0.05) is 129 Å². The Morgan fingerprint density at radius 3 is 0.886 bits per heavy atom. The molecule has 0 radical (unpaired) electrons. The molecular formula is C60H120O24Si4. The molecule has 2 unspecified atom stereocenters. The van der Waals surface area contributed by atoms with Crippen LogP contribution in [0.2, 0.25) is 50.4 Å². The highest BCUT2D eigenvalue weighted by Gasteiger charge is 2.35. The van der Waals surface area contributed by atoms with Crippen LogP contribution >= 0.6 is 0 Å². The second kappa shape index (κ2) is 63.0. The number of carboxylic acids is 1. The highest BCUT2D eigenvalue weighted by molar-refractivity contribution is 6.67. The van der Waals surface area contributed by atoms with E-state index in [0.717, 1.165) is 123 Å². The van der Waals surface area contributed by atoms with Gasteiger partial charge in [0.15, 0.2) is 0 Å². The molecule has 1 aliphatic rings. The molecule has 1 aliphatic heterocycles. The molecule has 0 aromatic carbocycles. The average Bonchev–Trinajstić information content (AvgIpc) is 4.35. The summed E-state index contributed by atoms with van der Waals surface area (Å²) in [5.74, 6) is -4.06. The van der Waals surface area contributed by atoms with Gasteiger partial charge in [-0.05, 0) is 173 Å². The Bertz CT molecular complexity index is 1790. The lowest BCUT2D eigenvalue weighted by Gasteiger charge is -2.27. The lowest BCUT2D eigenvalue weighted by Crippen LogP contribution is -2.39. The molecule has 1 saturated heterocycles. The predicted molar refractivity (Wildman–Crippen MR) is 353 cm³/mol. The summed E-state index contributed by atoms with van der Waals surface area (Å²) in [7, 11) is -3.00. The van der Waals surface area contributed by atoms with Gasteiger partial charge in [0.25, 0.3) is 17.8 Å². The number of hydrogen-bond donors (Lipinski definition) is 4. The lowest BCUT2D eigenvalue weighted by atomic mass is 10.4. The van der Waals surface area contributed by atoms with E-state index in [-0.39, 0.29) is 29.3 Å². The molecule has 24 nitrogen and oxygen atoms in total. The summed E-state index contributed by atoms with van der Waals surface area (Å²) in [6.07, 6.45) is 4.25. The van der Waals surface area contributed by atoms with Gasteiger partial charge in [-0.1, -0.05) is 26.3 Å². The van der Waals surface area contributed by atoms with Gasteiger partial charge >= 0.3 is 58.1 Å². The first-order chi connectivity index (χ1) is 41.0. The molecule has 0 aromatic rings. The van der Waals surface area contributed by atoms with E-state index in [2.05, 4.69) is 75.2 Å². The van der Waals surface area contributed by atoms with Crippen molar-refractivity contribution in [2.75, 3.05) is 114 Å². The number of aliphatic hydroxyl groups excluding tert-OH is 3. The molecule has 1 rings (SSSR count). The molecule has 0 bridgehead atoms. The summed E-state index contributed by atoms with van der Waals surface area (Å²) in [6.45, 7) is 62.5. The largest absolute Gasteiger partial charge is 0.494 e. The molecule has 1 fully saturated rings. The molecule has 0 spiro atoms. The summed E-state index contributed by atoms with van der Waals surface area (Å²) in [5, 5.41) is 32.0. The van der Waals surface area contributed by atoms with Crippen LogP contribution in [0.1, 0.15) is 109 Å². The summed E-state index contributed by atoms with van der Waals surface area (Å²) < 4.78 is 84.3. The Morgan fingerprint density at radius 2 is 0.682 bits per heavy atom. The highest BCUT2D eigenvalue weighted by Crippen LogP contribution is 2.21. The lowest BCUT2D eigenvalue weighted by molar-refractivity contribution is -0.139. The van der Waals surface area contributed by atoms with Crippen molar-refractivity contribution in [3.05, 3.63) is 86.2 Å². The monoisotopic (exact) mass is 1340 g/mol. The Kier molecular flexibility index (Phi) is 69.7. The van der Waals surface area contributed by atoms with E-state index in [1.165, 1.54) is 20.8 Å². The molecule has 0 amide bonds. The van der Waals surface area contributed by atoms with Crippen LogP contribution in [0.15, 0.2) is 86.2 Å². The van der Waals surface area contributed by atoms with E-state index < -0.39 is 70.0 Å². The Balaban J connectivity index is -0.000000177. The van der Waals surface area contributed by atoms with Crippen molar-refractivity contribution in [3.63, 3.8) is 0 Å². The summed E-state index contributed by atoms with van der Waals surface area (Å²) >= 11 is 0. The van der Waals surface area contributed by atoms with Gasteiger partial charge in [0.05, 0.1) is 13.2 Å². The van der Waals surface area contributed by atoms with Crippen LogP contribution in [0.3, 0.4) is 0 Å². The van der Waals surface area contributed by atoms with E-state index in [9.17, 15) is 19.2 Å². The minimum atomic E-state index is -2.44. The number of methoxy groups -OCH3 is 3. The number of rotatable bonds is 41. The number of carboxylic acid groups (broad SMARTS) is 1. The average molecular weight is 1340 g/mol. The number of ether oxygens (including phenoxy) is 8. The van der Waals surface area contributed by atoms with Gasteiger partial charge in [-0.25, -0.2) is 19.2 Å². The van der Waals surface area contributed by atoms with E-state index in [0.29, 0.717) is 24.9 Å². The Morgan fingerprint density at radius 1 is 0.443 bits per heavy atom. The third-order valence-electron chi connectivity index (χ3n) is 10.1. The topological polar surface area (TPSA) is 300 Å². The summed E-state index contributed by atoms with van der Waals surface area (Å²) in [6, 6.07) is 3.77. The number of carbonyl (C=O) groups is 4. The standard InChI is InChI=1S/C13H24O5Si.C11H24O4Si.2C9H22O3Si.2C6H8O3.C4H6O2.C2H6O/c1-7-16-19(6,10-8-9-15-5)18-12(4)17-13(14)11(2)3;1-4-14-16(3,15-5-2)8-6-7-12-9-11-10-13-11;2*1-5-11-13(4,12-6-2)9-7-8-10-3;2*1-4(2)6(8)9-5(3)7;1-3(2)4(5)6;1-2-3/h2,4,7-10H2,1,3,5-6H3;11H,4-10H2,1-3H3;2*5-9H2,1-4H3;2*7H,1,3H2,2H3;1H2,2H3,(H,5,6);3H,2H2,1H3. The van der Waals surface area contributed by atoms with Gasteiger partial charge in [-0.2, -0.15) is 0 Å². The van der Waals surface area contributed by atoms with Gasteiger partial charge in [-0.15, -0.1) is 0 Å². The molecule has 520 valence electrons. The summed E-state index contributed by atoms with van der Waals surface area (Å²) in [4.78, 5) is 41.8. The number of aliphatic carboxylic acids is 1. The molecule has 4 N–H and O–H groups in total. The zero-order valence-corrected chi connectivity index (χ0v) is 61.5. The first kappa shape index (κ1) is 97.4. The van der Waals surface area contributed by atoms with Crippen molar-refractivity contribution >= 4 is 58.1 Å². The Hall–Kier alpha value is -4.19. The van der Waals surface area contributed by atoms with Crippen molar-refractivity contribution in [3.8, 4) is 0 Å². The fourth-order valence-electron chi connectivity index (χ4n) is 6.18. The van der Waals surface area contributed by atoms with Crippen molar-refractivity contribution < 1.29 is 113 Å². The van der Waals surface area contributed by atoms with Crippen LogP contribution in [0, 0.1) is 0 Å². The quantitative estimate of drug-likeness (QED) is 0.00841. The van der Waals surface area contributed by atoms with Crippen molar-refractivity contribution in [2.24, 2.45) is 0 Å². The highest BCUT2D eigenvalue weighted by atomic mass is 28.4. The fourth-order valence-corrected chi connectivity index (χ4v) is 15.5. The minimum absolute atomic E-state index is 0.0342. The summed E-state index contributed by atoms with van der Waals surface area (Å²) in [5.41, 5.74) is 0.925. The van der Waals surface area contributed by atoms with Crippen LogP contribution in [-0.2, 0) is 92.5 Å². The van der Waals surface area contributed by atoms with Gasteiger partial charge < -0.3 is 93.7 Å². The predicted octanol–water partition coefficient (Wildman–Crippen LogP) is 11.9. The zero-order valence-electron chi connectivity index (χ0n) is 57.5. The van der Waals surface area contributed by atoms with Crippen LogP contribution < -0.4 is 0 Å². The molecule has 0 saturated carbocycles. The number of esters is 3. The molecule has 1 heterocycles. The fraction of sp³-hybridized carbons (Fsp3) is 0.700. The van der Waals surface area contributed by atoms with Crippen LogP contribution in [0.5, 0.6) is 0 Å². The van der Waals surface area contributed by atoms with Crippen molar-refractivity contribution in [2.45, 2.75) is 165 Å². The SMILES string of the molecule is C=C(C)C(=O)O.C=C(O)OC(=O)C(=C)C.C=C(O)OC(=O)C(=C)C.C=C(OC(=O)C(=C)C)O[Si](C)(CCCOC)OCC.CCO.CCO[Si](C)(CCCOC)OCC.CCO[Si](C)(CCCOC)OCC.CCO[Si](C)(CCCOCC1CO1)OCC. The Labute approximate surface area is 534 Å². The van der Waals surface area contributed by atoms with E-state index >= 15 is 0 Å². The van der Waals surface area contributed by atoms with E-state index in [1.807, 2.05) is 55.0 Å². The second-order valence-electron chi connectivity index (χ2n) is 19.2. The van der Waals surface area contributed by atoms with E-state index in [4.69, 9.17) is 84.3 Å². The zero-order chi connectivity index (χ0) is 69.8. The molecule has 0 aromatic heterocycles. The normalized spacial score (nSPS) is 12.5. The van der Waals surface area contributed by atoms with Crippen LogP contribution in [0.4, 0.5) is 0 Å². The third-order valence-corrected chi connectivity index (χ3v) is 22.1. The maximum Gasteiger partial charge on any atom is 0.398 e. The number of epoxide rings is 1. The maximum atomic E-state index is 11.3. The van der Waals surface area contributed by atoms with Crippen molar-refractivity contribution in [1.29, 1.82) is 0 Å². The smallest absolute Gasteiger partial charge is 0.398 e. The maximum absolute atomic E-state index is 11.3. The van der Waals surface area contributed by atoms with Gasteiger partial charge in [-0.3, -0.25) is 0 Å². The number of hydrogen-bond acceptors (Lipinski definition) is 23. The van der Waals surface area contributed by atoms with Crippen LogP contribution in [0.25, 0.3) is 0 Å².